The Morgan fingerprint density at radius 2 is 1.77 bits per heavy atom. The molecule has 1 unspecified atom stereocenters. The second-order valence-electron chi connectivity index (χ2n) is 8.82. The number of benzene rings is 1. The van der Waals surface area contributed by atoms with Crippen molar-refractivity contribution < 1.29 is 19.1 Å². The number of nitrogens with one attached hydrogen (secondary N) is 1. The van der Waals surface area contributed by atoms with Crippen molar-refractivity contribution in [2.24, 2.45) is 5.92 Å². The molecule has 0 aliphatic carbocycles. The summed E-state index contributed by atoms with van der Waals surface area (Å²) in [5.41, 5.74) is 0.515. The maximum atomic E-state index is 12.2. The van der Waals surface area contributed by atoms with E-state index in [9.17, 15) is 9.59 Å². The Bertz CT molecular complexity index is 652. The van der Waals surface area contributed by atoms with E-state index in [1.807, 2.05) is 51.1 Å². The van der Waals surface area contributed by atoms with Gasteiger partial charge in [0.05, 0.1) is 0 Å². The normalized spacial score (nSPS) is 16.1. The number of hydrogen-bond donors (Lipinski definition) is 1. The first kappa shape index (κ1) is 24.0. The number of alkyl carbamates (subject to hydrolysis) is 1. The van der Waals surface area contributed by atoms with Crippen molar-refractivity contribution in [2.75, 3.05) is 39.3 Å². The number of ether oxygens (including phenoxy) is 2. The van der Waals surface area contributed by atoms with E-state index >= 15 is 0 Å². The molecule has 0 radical (unpaired) electrons. The molecule has 1 aromatic carbocycles. The van der Waals surface area contributed by atoms with Crippen LogP contribution in [0.3, 0.4) is 0 Å². The highest BCUT2D eigenvalue weighted by molar-refractivity contribution is 5.68. The van der Waals surface area contributed by atoms with E-state index in [-0.39, 0.29) is 18.8 Å². The first-order valence-corrected chi connectivity index (χ1v) is 10.9. The number of nitrogens with zero attached hydrogens (tertiary/aromatic N) is 2. The van der Waals surface area contributed by atoms with Crippen molar-refractivity contribution in [2.45, 2.75) is 52.7 Å². The molecule has 1 aliphatic rings. The Kier molecular flexibility index (Phi) is 9.43. The molecule has 1 heterocycles. The van der Waals surface area contributed by atoms with Gasteiger partial charge in [-0.3, -0.25) is 4.90 Å². The fourth-order valence-corrected chi connectivity index (χ4v) is 3.38. The molecule has 1 saturated heterocycles. The second-order valence-corrected chi connectivity index (χ2v) is 8.82. The van der Waals surface area contributed by atoms with E-state index in [0.717, 1.165) is 38.0 Å². The van der Waals surface area contributed by atoms with Gasteiger partial charge in [-0.25, -0.2) is 9.59 Å². The Morgan fingerprint density at radius 1 is 1.10 bits per heavy atom. The lowest BCUT2D eigenvalue weighted by Gasteiger charge is -2.37. The van der Waals surface area contributed by atoms with Crippen LogP contribution in [0.5, 0.6) is 0 Å². The van der Waals surface area contributed by atoms with Crippen LogP contribution >= 0.6 is 0 Å². The van der Waals surface area contributed by atoms with Gasteiger partial charge >= 0.3 is 12.2 Å². The summed E-state index contributed by atoms with van der Waals surface area (Å²) in [4.78, 5) is 28.2. The van der Waals surface area contributed by atoms with Gasteiger partial charge in [0.25, 0.3) is 0 Å². The van der Waals surface area contributed by atoms with Crippen molar-refractivity contribution in [3.63, 3.8) is 0 Å². The lowest BCUT2D eigenvalue weighted by Crippen LogP contribution is -2.51. The molecule has 0 spiro atoms. The highest BCUT2D eigenvalue weighted by Gasteiger charge is 2.26. The summed E-state index contributed by atoms with van der Waals surface area (Å²) in [6.45, 7) is 12.8. The Hall–Kier alpha value is -2.28. The van der Waals surface area contributed by atoms with E-state index in [0.29, 0.717) is 25.6 Å². The summed E-state index contributed by atoms with van der Waals surface area (Å²) < 4.78 is 10.7. The highest BCUT2D eigenvalue weighted by atomic mass is 16.6. The van der Waals surface area contributed by atoms with Gasteiger partial charge in [-0.05, 0) is 38.7 Å². The first-order chi connectivity index (χ1) is 14.3. The molecule has 0 saturated carbocycles. The molecule has 7 heteroatoms. The smallest absolute Gasteiger partial charge is 0.410 e. The number of carbonyl (C=O) groups is 2. The molecule has 1 aliphatic heterocycles. The number of carbonyl (C=O) groups excluding carboxylic acids is 2. The number of rotatable bonds is 8. The van der Waals surface area contributed by atoms with E-state index < -0.39 is 5.60 Å². The van der Waals surface area contributed by atoms with Crippen molar-refractivity contribution in [3.8, 4) is 0 Å². The van der Waals surface area contributed by atoms with E-state index in [2.05, 4.69) is 17.1 Å². The van der Waals surface area contributed by atoms with Crippen LogP contribution in [-0.2, 0) is 16.1 Å². The zero-order chi connectivity index (χ0) is 22.0. The first-order valence-electron chi connectivity index (χ1n) is 10.9. The monoisotopic (exact) mass is 419 g/mol. The van der Waals surface area contributed by atoms with Crippen LogP contribution in [0.1, 0.15) is 46.1 Å². The van der Waals surface area contributed by atoms with Crippen LogP contribution in [0.2, 0.25) is 0 Å². The third-order valence-corrected chi connectivity index (χ3v) is 5.15. The van der Waals surface area contributed by atoms with Crippen LogP contribution in [0.25, 0.3) is 0 Å². The second kappa shape index (κ2) is 11.8. The molecule has 0 aromatic heterocycles. The van der Waals surface area contributed by atoms with Gasteiger partial charge < -0.3 is 19.7 Å². The minimum absolute atomic E-state index is 0.229. The van der Waals surface area contributed by atoms with Crippen molar-refractivity contribution in [1.29, 1.82) is 0 Å². The lowest BCUT2D eigenvalue weighted by molar-refractivity contribution is 0.0132. The predicted molar refractivity (Wildman–Crippen MR) is 117 cm³/mol. The van der Waals surface area contributed by atoms with Gasteiger partial charge in [0.15, 0.2) is 0 Å². The molecule has 0 bridgehead atoms. The molecule has 1 atom stereocenters. The molecule has 1 N–H and O–H groups in total. The van der Waals surface area contributed by atoms with Gasteiger partial charge in [-0.15, -0.1) is 0 Å². The summed E-state index contributed by atoms with van der Waals surface area (Å²) in [5, 5.41) is 2.85. The number of piperazine rings is 1. The SMILES string of the molecule is CCC(CCNC(=O)OCc1ccccc1)CN1CCN(C(=O)OC(C)(C)C)CC1. The molecule has 2 rings (SSSR count). The van der Waals surface area contributed by atoms with Crippen molar-refractivity contribution in [3.05, 3.63) is 35.9 Å². The van der Waals surface area contributed by atoms with Gasteiger partial charge in [0.2, 0.25) is 0 Å². The number of hydrogen-bond acceptors (Lipinski definition) is 5. The molecule has 168 valence electrons. The maximum absolute atomic E-state index is 12.2. The third kappa shape index (κ3) is 9.03. The van der Waals surface area contributed by atoms with Crippen LogP contribution in [0.15, 0.2) is 30.3 Å². The summed E-state index contributed by atoms with van der Waals surface area (Å²) >= 11 is 0. The van der Waals surface area contributed by atoms with Gasteiger partial charge in [0.1, 0.15) is 12.2 Å². The fourth-order valence-electron chi connectivity index (χ4n) is 3.38. The summed E-state index contributed by atoms with van der Waals surface area (Å²) in [5.74, 6) is 0.493. The average Bonchev–Trinajstić information content (AvgIpc) is 2.71. The Morgan fingerprint density at radius 3 is 2.37 bits per heavy atom. The third-order valence-electron chi connectivity index (χ3n) is 5.15. The van der Waals surface area contributed by atoms with Crippen LogP contribution in [0.4, 0.5) is 9.59 Å². The van der Waals surface area contributed by atoms with Crippen molar-refractivity contribution in [1.82, 2.24) is 15.1 Å². The molecule has 2 amide bonds. The standard InChI is InChI=1S/C23H37N3O4/c1-5-19(11-12-24-21(27)29-18-20-9-7-6-8-10-20)17-25-13-15-26(16-14-25)22(28)30-23(2,3)4/h6-10,19H,5,11-18H2,1-4H3,(H,24,27). The lowest BCUT2D eigenvalue weighted by atomic mass is 10.0. The number of amides is 2. The van der Waals surface area contributed by atoms with Crippen LogP contribution in [-0.4, -0.2) is 66.9 Å². The topological polar surface area (TPSA) is 71.1 Å². The summed E-state index contributed by atoms with van der Waals surface area (Å²) in [6.07, 6.45) is 1.35. The van der Waals surface area contributed by atoms with Gasteiger partial charge in [-0.1, -0.05) is 43.7 Å². The van der Waals surface area contributed by atoms with Gasteiger partial charge in [0, 0.05) is 39.3 Å². The van der Waals surface area contributed by atoms with Crippen molar-refractivity contribution >= 4 is 12.2 Å². The quantitative estimate of drug-likeness (QED) is 0.692. The molecule has 1 fully saturated rings. The van der Waals surface area contributed by atoms with Crippen LogP contribution < -0.4 is 5.32 Å². The Labute approximate surface area is 180 Å². The fraction of sp³-hybridized carbons (Fsp3) is 0.652. The summed E-state index contributed by atoms with van der Waals surface area (Å²) in [6, 6.07) is 9.66. The van der Waals surface area contributed by atoms with E-state index in [1.165, 1.54) is 0 Å². The van der Waals surface area contributed by atoms with E-state index in [1.54, 1.807) is 4.90 Å². The maximum Gasteiger partial charge on any atom is 0.410 e. The average molecular weight is 420 g/mol. The zero-order valence-electron chi connectivity index (χ0n) is 18.9. The summed E-state index contributed by atoms with van der Waals surface area (Å²) in [7, 11) is 0. The highest BCUT2D eigenvalue weighted by Crippen LogP contribution is 2.15. The molecule has 30 heavy (non-hydrogen) atoms. The largest absolute Gasteiger partial charge is 0.445 e. The molecular weight excluding hydrogens is 382 g/mol. The van der Waals surface area contributed by atoms with Crippen LogP contribution in [0, 0.1) is 5.92 Å². The molecular formula is C23H37N3O4. The molecule has 7 nitrogen and oxygen atoms in total. The zero-order valence-corrected chi connectivity index (χ0v) is 18.9. The van der Waals surface area contributed by atoms with E-state index in [4.69, 9.17) is 9.47 Å². The Balaban J connectivity index is 1.62. The van der Waals surface area contributed by atoms with Gasteiger partial charge in [-0.2, -0.15) is 0 Å². The molecule has 1 aromatic rings. The minimum atomic E-state index is -0.462. The minimum Gasteiger partial charge on any atom is -0.445 e. The predicted octanol–water partition coefficient (Wildman–Crippen LogP) is 3.88.